The van der Waals surface area contributed by atoms with Crippen molar-refractivity contribution in [3.63, 3.8) is 0 Å². The molecule has 0 atom stereocenters. The number of fused-ring (bicyclic) bond motifs is 2. The van der Waals surface area contributed by atoms with Crippen LogP contribution in [-0.4, -0.2) is 26.7 Å². The molecule has 3 aromatic rings. The van der Waals surface area contributed by atoms with Gasteiger partial charge in [-0.15, -0.1) is 0 Å². The zero-order valence-electron chi connectivity index (χ0n) is 15.8. The lowest BCUT2D eigenvalue weighted by atomic mass is 9.91. The van der Waals surface area contributed by atoms with Crippen LogP contribution in [0.1, 0.15) is 59.8 Å². The highest BCUT2D eigenvalue weighted by molar-refractivity contribution is 6.06. The first-order chi connectivity index (χ1) is 13.7. The third-order valence-electron chi connectivity index (χ3n) is 6.19. The number of nitrogens with one attached hydrogen (secondary N) is 2. The summed E-state index contributed by atoms with van der Waals surface area (Å²) in [6.45, 7) is 0. The topological polar surface area (TPSA) is 79.8 Å². The molecule has 1 saturated carbocycles. The minimum atomic E-state index is -0.0336. The van der Waals surface area contributed by atoms with Gasteiger partial charge in [-0.3, -0.25) is 9.59 Å². The first-order valence-corrected chi connectivity index (χ1v) is 10.2. The number of para-hydroxylation sites is 1. The summed E-state index contributed by atoms with van der Waals surface area (Å²) in [6.07, 6.45) is 8.29. The lowest BCUT2D eigenvalue weighted by Crippen LogP contribution is -2.39. The molecule has 0 aliphatic heterocycles. The van der Waals surface area contributed by atoms with Gasteiger partial charge in [0.1, 0.15) is 0 Å². The smallest absolute Gasteiger partial charge is 0.267 e. The Hall–Kier alpha value is -2.89. The van der Waals surface area contributed by atoms with E-state index in [1.807, 2.05) is 24.3 Å². The van der Waals surface area contributed by atoms with Crippen molar-refractivity contribution in [3.05, 3.63) is 63.7 Å². The Morgan fingerprint density at radius 2 is 1.96 bits per heavy atom. The van der Waals surface area contributed by atoms with Gasteiger partial charge in [-0.05, 0) is 56.6 Å². The quantitative estimate of drug-likeness (QED) is 0.737. The minimum absolute atomic E-state index is 0.0203. The molecule has 2 N–H and O–H groups in total. The van der Waals surface area contributed by atoms with Crippen molar-refractivity contribution >= 4 is 16.8 Å². The number of hydrogen-bond donors (Lipinski definition) is 2. The second-order valence-electron chi connectivity index (χ2n) is 7.98. The van der Waals surface area contributed by atoms with Crippen LogP contribution in [0.15, 0.2) is 41.3 Å². The number of aromatic amines is 1. The molecule has 0 bridgehead atoms. The van der Waals surface area contributed by atoms with Crippen LogP contribution in [0.5, 0.6) is 0 Å². The van der Waals surface area contributed by atoms with E-state index in [2.05, 4.69) is 15.4 Å². The molecule has 1 aromatic carbocycles. The normalized spacial score (nSPS) is 21.6. The predicted molar refractivity (Wildman–Crippen MR) is 108 cm³/mol. The van der Waals surface area contributed by atoms with E-state index in [0.717, 1.165) is 67.1 Å². The fourth-order valence-corrected chi connectivity index (χ4v) is 4.66. The molecule has 6 heteroatoms. The molecule has 0 unspecified atom stereocenters. The number of H-pyrrole nitrogens is 1. The molecule has 6 nitrogen and oxygen atoms in total. The summed E-state index contributed by atoms with van der Waals surface area (Å²) in [4.78, 5) is 28.3. The monoisotopic (exact) mass is 376 g/mol. The van der Waals surface area contributed by atoms with Crippen LogP contribution in [0.2, 0.25) is 0 Å². The van der Waals surface area contributed by atoms with Crippen LogP contribution in [0.25, 0.3) is 10.9 Å². The first kappa shape index (κ1) is 17.2. The highest BCUT2D eigenvalue weighted by atomic mass is 16.2. The number of aromatic nitrogens is 3. The second kappa shape index (κ2) is 6.93. The summed E-state index contributed by atoms with van der Waals surface area (Å²) >= 11 is 0. The van der Waals surface area contributed by atoms with Crippen LogP contribution < -0.4 is 10.9 Å². The standard InChI is InChI=1S/C22H24N4O2/c27-21-12-14-4-3-7-19(14)25-26(21)16-10-8-15(9-11-16)24-22(28)18-13-23-20-6-2-1-5-17(18)20/h1-2,5-6,12-13,15-16,23H,3-4,7-11H2,(H,24,28). The molecule has 5 rings (SSSR count). The fraction of sp³-hybridized carbons (Fsp3) is 0.409. The van der Waals surface area contributed by atoms with Gasteiger partial charge < -0.3 is 10.3 Å². The summed E-state index contributed by atoms with van der Waals surface area (Å²) in [5, 5.41) is 8.77. The van der Waals surface area contributed by atoms with Crippen molar-refractivity contribution in [3.8, 4) is 0 Å². The van der Waals surface area contributed by atoms with Crippen molar-refractivity contribution in [2.75, 3.05) is 0 Å². The SMILES string of the molecule is O=C(NC1CCC(n2nc3c(cc2=O)CCC3)CC1)c1c[nH]c2ccccc12. The molecule has 0 saturated heterocycles. The van der Waals surface area contributed by atoms with E-state index in [9.17, 15) is 9.59 Å². The molecule has 1 fully saturated rings. The fourth-order valence-electron chi connectivity index (χ4n) is 4.66. The van der Waals surface area contributed by atoms with Gasteiger partial charge >= 0.3 is 0 Å². The van der Waals surface area contributed by atoms with Crippen LogP contribution in [-0.2, 0) is 12.8 Å². The first-order valence-electron chi connectivity index (χ1n) is 10.2. The largest absolute Gasteiger partial charge is 0.360 e. The molecule has 144 valence electrons. The Morgan fingerprint density at radius 1 is 1.14 bits per heavy atom. The van der Waals surface area contributed by atoms with Gasteiger partial charge in [-0.25, -0.2) is 4.68 Å². The number of amides is 1. The highest BCUT2D eigenvalue weighted by Crippen LogP contribution is 2.28. The van der Waals surface area contributed by atoms with Crippen molar-refractivity contribution < 1.29 is 4.79 Å². The molecule has 2 aromatic heterocycles. The molecule has 1 amide bonds. The van der Waals surface area contributed by atoms with Crippen molar-refractivity contribution in [1.29, 1.82) is 0 Å². The maximum absolute atomic E-state index is 12.7. The molecular formula is C22H24N4O2. The van der Waals surface area contributed by atoms with E-state index in [0.29, 0.717) is 5.56 Å². The van der Waals surface area contributed by atoms with Gasteiger partial charge in [0, 0.05) is 29.2 Å². The third kappa shape index (κ3) is 3.03. The number of rotatable bonds is 3. The Balaban J connectivity index is 1.25. The third-order valence-corrected chi connectivity index (χ3v) is 6.19. The number of benzene rings is 1. The average Bonchev–Trinajstić information content (AvgIpc) is 3.34. The Bertz CT molecular complexity index is 1090. The molecule has 0 radical (unpaired) electrons. The number of nitrogens with zero attached hydrogens (tertiary/aromatic N) is 2. The summed E-state index contributed by atoms with van der Waals surface area (Å²) in [7, 11) is 0. The average molecular weight is 376 g/mol. The zero-order valence-corrected chi connectivity index (χ0v) is 15.8. The minimum Gasteiger partial charge on any atom is -0.360 e. The summed E-state index contributed by atoms with van der Waals surface area (Å²) in [5.74, 6) is -0.0336. The van der Waals surface area contributed by atoms with E-state index < -0.39 is 0 Å². The Morgan fingerprint density at radius 3 is 2.82 bits per heavy atom. The van der Waals surface area contributed by atoms with Gasteiger partial charge in [0.2, 0.25) is 0 Å². The van der Waals surface area contributed by atoms with Crippen LogP contribution >= 0.6 is 0 Å². The molecule has 28 heavy (non-hydrogen) atoms. The van der Waals surface area contributed by atoms with E-state index in [1.165, 1.54) is 0 Å². The zero-order chi connectivity index (χ0) is 19.1. The Labute approximate surface area is 163 Å². The van der Waals surface area contributed by atoms with E-state index in [4.69, 9.17) is 0 Å². The second-order valence-corrected chi connectivity index (χ2v) is 7.98. The Kier molecular flexibility index (Phi) is 4.26. The lowest BCUT2D eigenvalue weighted by molar-refractivity contribution is 0.0923. The van der Waals surface area contributed by atoms with Crippen LogP contribution in [0.3, 0.4) is 0 Å². The van der Waals surface area contributed by atoms with Gasteiger partial charge in [0.05, 0.1) is 17.3 Å². The molecular weight excluding hydrogens is 352 g/mol. The van der Waals surface area contributed by atoms with Gasteiger partial charge in [-0.2, -0.15) is 5.10 Å². The molecule has 2 aliphatic carbocycles. The summed E-state index contributed by atoms with van der Waals surface area (Å²) < 4.78 is 1.70. The van der Waals surface area contributed by atoms with Crippen molar-refractivity contribution in [1.82, 2.24) is 20.1 Å². The van der Waals surface area contributed by atoms with Crippen molar-refractivity contribution in [2.45, 2.75) is 57.0 Å². The number of carbonyl (C=O) groups excluding carboxylic acids is 1. The van der Waals surface area contributed by atoms with Crippen molar-refractivity contribution in [2.24, 2.45) is 0 Å². The predicted octanol–water partition coefficient (Wildman–Crippen LogP) is 3.13. The van der Waals surface area contributed by atoms with E-state index >= 15 is 0 Å². The number of hydrogen-bond acceptors (Lipinski definition) is 3. The molecule has 0 spiro atoms. The number of carbonyl (C=O) groups is 1. The van der Waals surface area contributed by atoms with Crippen LogP contribution in [0.4, 0.5) is 0 Å². The maximum Gasteiger partial charge on any atom is 0.267 e. The van der Waals surface area contributed by atoms with E-state index in [-0.39, 0.29) is 23.6 Å². The molecule has 2 heterocycles. The van der Waals surface area contributed by atoms with Gasteiger partial charge in [0.25, 0.3) is 11.5 Å². The number of aryl methyl sites for hydroxylation is 2. The summed E-state index contributed by atoms with van der Waals surface area (Å²) in [5.41, 5.74) is 3.90. The maximum atomic E-state index is 12.7. The molecule has 2 aliphatic rings. The van der Waals surface area contributed by atoms with Crippen LogP contribution in [0, 0.1) is 0 Å². The van der Waals surface area contributed by atoms with Gasteiger partial charge in [-0.1, -0.05) is 18.2 Å². The highest BCUT2D eigenvalue weighted by Gasteiger charge is 2.27. The van der Waals surface area contributed by atoms with E-state index in [1.54, 1.807) is 16.9 Å². The lowest BCUT2D eigenvalue weighted by Gasteiger charge is -2.29. The van der Waals surface area contributed by atoms with Gasteiger partial charge in [0.15, 0.2) is 0 Å². The summed E-state index contributed by atoms with van der Waals surface area (Å²) in [6, 6.07) is 9.89.